The second-order valence-electron chi connectivity index (χ2n) is 2.80. The second kappa shape index (κ2) is 4.45. The molecule has 1 atom stereocenters. The van der Waals surface area contributed by atoms with Crippen molar-refractivity contribution >= 4 is 5.97 Å². The van der Waals surface area contributed by atoms with E-state index in [1.54, 1.807) is 0 Å². The molecule has 0 aromatic carbocycles. The van der Waals surface area contributed by atoms with E-state index in [-0.39, 0.29) is 0 Å². The molecule has 0 aromatic rings. The molecule has 0 fully saturated rings. The number of aliphatic hydroxyl groups is 1. The molecule has 1 unspecified atom stereocenters. The largest absolute Gasteiger partial charge is 0.463 e. The molecule has 0 saturated heterocycles. The summed E-state index contributed by atoms with van der Waals surface area (Å²) in [5, 5.41) is 7.85. The Morgan fingerprint density at radius 3 is 2.31 bits per heavy atom. The van der Waals surface area contributed by atoms with Crippen molar-refractivity contribution in [3.63, 3.8) is 0 Å². The molecule has 0 aliphatic heterocycles. The van der Waals surface area contributed by atoms with Crippen LogP contribution in [0.1, 0.15) is 20.3 Å². The van der Waals surface area contributed by atoms with Crippen molar-refractivity contribution in [1.82, 2.24) is 0 Å². The van der Waals surface area contributed by atoms with E-state index >= 15 is 0 Å². The maximum absolute atomic E-state index is 12.3. The van der Waals surface area contributed by atoms with Gasteiger partial charge in [-0.1, -0.05) is 0 Å². The van der Waals surface area contributed by atoms with E-state index in [1.807, 2.05) is 0 Å². The average Bonchev–Trinajstić information content (AvgIpc) is 1.82. The highest BCUT2D eigenvalue weighted by atomic mass is 19.3. The number of ether oxygens (including phenoxy) is 1. The van der Waals surface area contributed by atoms with Gasteiger partial charge in [0, 0.05) is 0 Å². The van der Waals surface area contributed by atoms with E-state index in [1.165, 1.54) is 13.8 Å². The van der Waals surface area contributed by atoms with Gasteiger partial charge in [0.15, 0.2) is 0 Å². The lowest BCUT2D eigenvalue weighted by Crippen LogP contribution is -2.32. The topological polar surface area (TPSA) is 46.5 Å². The third kappa shape index (κ3) is 5.46. The molecule has 0 aromatic heterocycles. The molecule has 0 aliphatic carbocycles. The van der Waals surface area contributed by atoms with Crippen molar-refractivity contribution in [2.75, 3.05) is 0 Å². The molecule has 78 valence electrons. The van der Waals surface area contributed by atoms with Crippen LogP contribution in [0.4, 0.5) is 13.2 Å². The zero-order valence-corrected chi connectivity index (χ0v) is 7.26. The van der Waals surface area contributed by atoms with Crippen LogP contribution in [0.5, 0.6) is 0 Å². The van der Waals surface area contributed by atoms with Gasteiger partial charge in [0.25, 0.3) is 0 Å². The molecule has 3 nitrogen and oxygen atoms in total. The highest BCUT2D eigenvalue weighted by Crippen LogP contribution is 2.20. The van der Waals surface area contributed by atoms with E-state index in [9.17, 15) is 18.0 Å². The van der Waals surface area contributed by atoms with Crippen molar-refractivity contribution in [3.8, 4) is 0 Å². The standard InChI is InChI=1S/C7H11F3O3/c1-4(2)13-6(11)3-5(8)7(9,10)12/h4-5,12H,3H2,1-2H3. The SMILES string of the molecule is CC(C)OC(=O)CC(F)C(O)(F)F. The first-order valence-electron chi connectivity index (χ1n) is 3.67. The zero-order valence-electron chi connectivity index (χ0n) is 7.26. The van der Waals surface area contributed by atoms with Crippen molar-refractivity contribution in [2.45, 2.75) is 38.7 Å². The van der Waals surface area contributed by atoms with Gasteiger partial charge < -0.3 is 9.84 Å². The molecule has 6 heteroatoms. The number of carbonyl (C=O) groups is 1. The maximum atomic E-state index is 12.3. The summed E-state index contributed by atoms with van der Waals surface area (Å²) in [6.07, 6.45) is -9.05. The molecule has 13 heavy (non-hydrogen) atoms. The number of hydrogen-bond donors (Lipinski definition) is 1. The quantitative estimate of drug-likeness (QED) is 0.694. The van der Waals surface area contributed by atoms with Crippen LogP contribution in [0.2, 0.25) is 0 Å². The fraction of sp³-hybridized carbons (Fsp3) is 0.857. The second-order valence-corrected chi connectivity index (χ2v) is 2.80. The lowest BCUT2D eigenvalue weighted by molar-refractivity contribution is -0.242. The molecule has 0 radical (unpaired) electrons. The number of carbonyl (C=O) groups excluding carboxylic acids is 1. The summed E-state index contributed by atoms with van der Waals surface area (Å²) in [6, 6.07) is 0. The molecular weight excluding hydrogens is 189 g/mol. The first kappa shape index (κ1) is 12.2. The fourth-order valence-corrected chi connectivity index (χ4v) is 0.580. The molecular formula is C7H11F3O3. The first-order valence-corrected chi connectivity index (χ1v) is 3.67. The number of esters is 1. The van der Waals surface area contributed by atoms with Gasteiger partial charge in [-0.15, -0.1) is 0 Å². The smallest absolute Gasteiger partial charge is 0.385 e. The van der Waals surface area contributed by atoms with Crippen LogP contribution in [0.25, 0.3) is 0 Å². The number of alkyl halides is 3. The van der Waals surface area contributed by atoms with Gasteiger partial charge >= 0.3 is 12.1 Å². The Morgan fingerprint density at radius 2 is 2.00 bits per heavy atom. The van der Waals surface area contributed by atoms with Crippen molar-refractivity contribution in [1.29, 1.82) is 0 Å². The number of halogens is 3. The number of rotatable bonds is 4. The lowest BCUT2D eigenvalue weighted by Gasteiger charge is -2.14. The third-order valence-electron chi connectivity index (χ3n) is 1.09. The Morgan fingerprint density at radius 1 is 1.54 bits per heavy atom. The molecule has 1 N–H and O–H groups in total. The summed E-state index contributed by atoms with van der Waals surface area (Å²) in [5.41, 5.74) is 0. The molecule has 0 amide bonds. The van der Waals surface area contributed by atoms with Crippen molar-refractivity contribution in [3.05, 3.63) is 0 Å². The fourth-order valence-electron chi connectivity index (χ4n) is 0.580. The van der Waals surface area contributed by atoms with Gasteiger partial charge in [0.05, 0.1) is 12.5 Å². The first-order chi connectivity index (χ1) is 5.73. The molecule has 0 spiro atoms. The zero-order chi connectivity index (χ0) is 10.6. The van der Waals surface area contributed by atoms with E-state index < -0.39 is 30.8 Å². The predicted octanol–water partition coefficient (Wildman–Crippen LogP) is 1.25. The van der Waals surface area contributed by atoms with E-state index in [4.69, 9.17) is 5.11 Å². The minimum atomic E-state index is -4.49. The Bertz CT molecular complexity index is 176. The van der Waals surface area contributed by atoms with E-state index in [2.05, 4.69) is 4.74 Å². The predicted molar refractivity (Wildman–Crippen MR) is 37.9 cm³/mol. The summed E-state index contributed by atoms with van der Waals surface area (Å²) >= 11 is 0. The summed E-state index contributed by atoms with van der Waals surface area (Å²) < 4.78 is 40.3. The third-order valence-corrected chi connectivity index (χ3v) is 1.09. The summed E-state index contributed by atoms with van der Waals surface area (Å²) in [6.45, 7) is 3.00. The van der Waals surface area contributed by atoms with Gasteiger partial charge in [-0.3, -0.25) is 4.79 Å². The van der Waals surface area contributed by atoms with Gasteiger partial charge in [0.1, 0.15) is 0 Å². The Balaban J connectivity index is 3.93. The van der Waals surface area contributed by atoms with Crippen LogP contribution in [-0.2, 0) is 9.53 Å². The molecule has 0 bridgehead atoms. The Hall–Kier alpha value is -0.780. The van der Waals surface area contributed by atoms with Crippen LogP contribution in [0.3, 0.4) is 0 Å². The molecule has 0 heterocycles. The minimum absolute atomic E-state index is 0.494. The van der Waals surface area contributed by atoms with Crippen LogP contribution < -0.4 is 0 Å². The van der Waals surface area contributed by atoms with Crippen LogP contribution >= 0.6 is 0 Å². The van der Waals surface area contributed by atoms with Gasteiger partial charge in [0.2, 0.25) is 6.17 Å². The maximum Gasteiger partial charge on any atom is 0.385 e. The summed E-state index contributed by atoms with van der Waals surface area (Å²) in [7, 11) is 0. The van der Waals surface area contributed by atoms with Crippen LogP contribution in [0, 0.1) is 0 Å². The van der Waals surface area contributed by atoms with Gasteiger partial charge in [-0.05, 0) is 13.8 Å². The van der Waals surface area contributed by atoms with Crippen LogP contribution in [0.15, 0.2) is 0 Å². The molecule has 0 aliphatic rings. The molecule has 0 rings (SSSR count). The van der Waals surface area contributed by atoms with E-state index in [0.717, 1.165) is 0 Å². The summed E-state index contributed by atoms with van der Waals surface area (Å²) in [5.74, 6) is -1.10. The average molecular weight is 200 g/mol. The molecule has 0 saturated carbocycles. The monoisotopic (exact) mass is 200 g/mol. The highest BCUT2D eigenvalue weighted by Gasteiger charge is 2.39. The minimum Gasteiger partial charge on any atom is -0.463 e. The lowest BCUT2D eigenvalue weighted by atomic mass is 10.2. The van der Waals surface area contributed by atoms with Crippen LogP contribution in [-0.4, -0.2) is 29.5 Å². The van der Waals surface area contributed by atoms with Gasteiger partial charge in [-0.2, -0.15) is 8.78 Å². The number of hydrogen-bond acceptors (Lipinski definition) is 3. The highest BCUT2D eigenvalue weighted by molar-refractivity contribution is 5.70. The van der Waals surface area contributed by atoms with Crippen molar-refractivity contribution < 1.29 is 27.8 Å². The van der Waals surface area contributed by atoms with E-state index in [0.29, 0.717) is 0 Å². The normalized spacial score (nSPS) is 14.4. The summed E-state index contributed by atoms with van der Waals surface area (Å²) in [4.78, 5) is 10.6. The van der Waals surface area contributed by atoms with Gasteiger partial charge in [-0.25, -0.2) is 4.39 Å². The Labute approximate surface area is 73.5 Å². The van der Waals surface area contributed by atoms with Crippen molar-refractivity contribution in [2.24, 2.45) is 0 Å². The Kier molecular flexibility index (Phi) is 4.19.